The van der Waals surface area contributed by atoms with E-state index in [0.29, 0.717) is 17.3 Å². The second-order valence-electron chi connectivity index (χ2n) is 5.95. The molecular formula is C20H20N4O. The number of nitrogens with zero attached hydrogens (tertiary/aromatic N) is 2. The van der Waals surface area contributed by atoms with Crippen LogP contribution < -0.4 is 10.6 Å². The van der Waals surface area contributed by atoms with Crippen molar-refractivity contribution in [3.8, 4) is 0 Å². The minimum absolute atomic E-state index is 0.257. The molecule has 0 atom stereocenters. The van der Waals surface area contributed by atoms with Gasteiger partial charge >= 0.3 is 0 Å². The van der Waals surface area contributed by atoms with Gasteiger partial charge in [-0.2, -0.15) is 0 Å². The molecule has 25 heavy (non-hydrogen) atoms. The molecule has 1 heterocycles. The van der Waals surface area contributed by atoms with Crippen molar-refractivity contribution in [1.82, 2.24) is 9.97 Å². The van der Waals surface area contributed by atoms with Gasteiger partial charge in [0.1, 0.15) is 17.3 Å². The van der Waals surface area contributed by atoms with E-state index in [9.17, 15) is 4.79 Å². The largest absolute Gasteiger partial charge is 0.340 e. The van der Waals surface area contributed by atoms with Crippen LogP contribution in [-0.4, -0.2) is 15.9 Å². The fourth-order valence-electron chi connectivity index (χ4n) is 2.52. The number of nitrogens with one attached hydrogen (secondary N) is 2. The van der Waals surface area contributed by atoms with Crippen molar-refractivity contribution in [2.24, 2.45) is 0 Å². The smallest absolute Gasteiger partial charge is 0.274 e. The van der Waals surface area contributed by atoms with Crippen LogP contribution in [0, 0.1) is 20.8 Å². The van der Waals surface area contributed by atoms with E-state index in [4.69, 9.17) is 0 Å². The number of carbonyl (C=O) groups excluding carboxylic acids is 1. The first-order chi connectivity index (χ1) is 12.0. The maximum Gasteiger partial charge on any atom is 0.274 e. The Morgan fingerprint density at radius 3 is 2.48 bits per heavy atom. The lowest BCUT2D eigenvalue weighted by atomic mass is 10.2. The summed E-state index contributed by atoms with van der Waals surface area (Å²) < 4.78 is 0. The molecule has 0 saturated carbocycles. The Bertz CT molecular complexity index is 921. The second-order valence-corrected chi connectivity index (χ2v) is 5.95. The van der Waals surface area contributed by atoms with Crippen LogP contribution in [0.4, 0.5) is 17.2 Å². The Balaban J connectivity index is 1.83. The van der Waals surface area contributed by atoms with Gasteiger partial charge in [-0.15, -0.1) is 0 Å². The zero-order valence-corrected chi connectivity index (χ0v) is 14.5. The van der Waals surface area contributed by atoms with Crippen molar-refractivity contribution in [3.05, 3.63) is 77.2 Å². The zero-order valence-electron chi connectivity index (χ0n) is 14.5. The monoisotopic (exact) mass is 332 g/mol. The van der Waals surface area contributed by atoms with E-state index in [1.165, 1.54) is 0 Å². The molecule has 0 fully saturated rings. The van der Waals surface area contributed by atoms with E-state index in [1.54, 1.807) is 13.0 Å². The molecular weight excluding hydrogens is 312 g/mol. The average Bonchev–Trinajstić information content (AvgIpc) is 2.56. The minimum Gasteiger partial charge on any atom is -0.340 e. The number of rotatable bonds is 4. The molecule has 0 aliphatic carbocycles. The summed E-state index contributed by atoms with van der Waals surface area (Å²) >= 11 is 0. The predicted molar refractivity (Wildman–Crippen MR) is 100 cm³/mol. The lowest BCUT2D eigenvalue weighted by Crippen LogP contribution is -2.16. The summed E-state index contributed by atoms with van der Waals surface area (Å²) in [7, 11) is 0. The SMILES string of the molecule is Cc1cccc(Nc2cc(C(=O)Nc3ccccc3C)nc(C)n2)c1. The van der Waals surface area contributed by atoms with Gasteiger partial charge in [0.15, 0.2) is 0 Å². The van der Waals surface area contributed by atoms with E-state index >= 15 is 0 Å². The van der Waals surface area contributed by atoms with Gasteiger partial charge in [0, 0.05) is 17.4 Å². The fourth-order valence-corrected chi connectivity index (χ4v) is 2.52. The standard InChI is InChI=1S/C20H20N4O/c1-13-7-6-9-16(11-13)23-19-12-18(21-15(3)22-19)20(25)24-17-10-5-4-8-14(17)2/h4-12H,1-3H3,(H,24,25)(H,21,22,23). The van der Waals surface area contributed by atoms with Crippen molar-refractivity contribution >= 4 is 23.1 Å². The van der Waals surface area contributed by atoms with Crippen LogP contribution in [0.25, 0.3) is 0 Å². The summed E-state index contributed by atoms with van der Waals surface area (Å²) in [5, 5.41) is 6.12. The number of amides is 1. The summed E-state index contributed by atoms with van der Waals surface area (Å²) in [6, 6.07) is 17.3. The fraction of sp³-hybridized carbons (Fsp3) is 0.150. The molecule has 0 unspecified atom stereocenters. The Labute approximate surface area is 147 Å². The van der Waals surface area contributed by atoms with Crippen molar-refractivity contribution in [3.63, 3.8) is 0 Å². The van der Waals surface area contributed by atoms with Gasteiger partial charge < -0.3 is 10.6 Å². The predicted octanol–water partition coefficient (Wildman–Crippen LogP) is 4.40. The van der Waals surface area contributed by atoms with Gasteiger partial charge in [-0.3, -0.25) is 4.79 Å². The summed E-state index contributed by atoms with van der Waals surface area (Å²) in [5.74, 6) is 0.868. The van der Waals surface area contributed by atoms with Crippen LogP contribution in [0.3, 0.4) is 0 Å². The Hall–Kier alpha value is -3.21. The summed E-state index contributed by atoms with van der Waals surface area (Å²) in [6.45, 7) is 5.75. The summed E-state index contributed by atoms with van der Waals surface area (Å²) in [6.07, 6.45) is 0. The first-order valence-electron chi connectivity index (χ1n) is 8.07. The number of para-hydroxylation sites is 1. The van der Waals surface area contributed by atoms with Crippen LogP contribution in [-0.2, 0) is 0 Å². The van der Waals surface area contributed by atoms with E-state index in [1.807, 2.05) is 62.4 Å². The zero-order chi connectivity index (χ0) is 17.8. The Kier molecular flexibility index (Phi) is 4.75. The molecule has 2 aromatic carbocycles. The molecule has 5 heteroatoms. The summed E-state index contributed by atoms with van der Waals surface area (Å²) in [5.41, 5.74) is 4.17. The molecule has 2 N–H and O–H groups in total. The van der Waals surface area contributed by atoms with Crippen LogP contribution in [0.2, 0.25) is 0 Å². The van der Waals surface area contributed by atoms with Crippen molar-refractivity contribution in [2.75, 3.05) is 10.6 Å². The highest BCUT2D eigenvalue weighted by molar-refractivity contribution is 6.03. The van der Waals surface area contributed by atoms with Crippen LogP contribution in [0.1, 0.15) is 27.4 Å². The molecule has 0 aliphatic rings. The quantitative estimate of drug-likeness (QED) is 0.743. The molecule has 5 nitrogen and oxygen atoms in total. The molecule has 1 amide bonds. The van der Waals surface area contributed by atoms with Crippen molar-refractivity contribution in [2.45, 2.75) is 20.8 Å². The second kappa shape index (κ2) is 7.13. The normalized spacial score (nSPS) is 10.4. The molecule has 0 aliphatic heterocycles. The van der Waals surface area contributed by atoms with Gasteiger partial charge in [0.25, 0.3) is 5.91 Å². The van der Waals surface area contributed by atoms with E-state index in [2.05, 4.69) is 20.6 Å². The molecule has 126 valence electrons. The molecule has 3 rings (SSSR count). The van der Waals surface area contributed by atoms with Gasteiger partial charge in [0.2, 0.25) is 0 Å². The lowest BCUT2D eigenvalue weighted by Gasteiger charge is -2.10. The first kappa shape index (κ1) is 16.6. The van der Waals surface area contributed by atoms with Gasteiger partial charge in [-0.25, -0.2) is 9.97 Å². The Morgan fingerprint density at radius 2 is 1.72 bits per heavy atom. The molecule has 0 saturated heterocycles. The number of carbonyl (C=O) groups is 1. The number of anilines is 3. The minimum atomic E-state index is -0.257. The van der Waals surface area contributed by atoms with Crippen LogP contribution in [0.5, 0.6) is 0 Å². The van der Waals surface area contributed by atoms with E-state index in [-0.39, 0.29) is 5.91 Å². The highest BCUT2D eigenvalue weighted by Gasteiger charge is 2.12. The lowest BCUT2D eigenvalue weighted by molar-refractivity contribution is 0.102. The van der Waals surface area contributed by atoms with Gasteiger partial charge in [-0.1, -0.05) is 30.3 Å². The maximum atomic E-state index is 12.5. The molecule has 3 aromatic rings. The third kappa shape index (κ3) is 4.20. The number of hydrogen-bond donors (Lipinski definition) is 2. The maximum absolute atomic E-state index is 12.5. The van der Waals surface area contributed by atoms with Crippen LogP contribution >= 0.6 is 0 Å². The summed E-state index contributed by atoms with van der Waals surface area (Å²) in [4.78, 5) is 21.2. The molecule has 0 radical (unpaired) electrons. The van der Waals surface area contributed by atoms with Crippen LogP contribution in [0.15, 0.2) is 54.6 Å². The van der Waals surface area contributed by atoms with Gasteiger partial charge in [0.05, 0.1) is 0 Å². The highest BCUT2D eigenvalue weighted by atomic mass is 16.1. The third-order valence-corrected chi connectivity index (χ3v) is 3.75. The van der Waals surface area contributed by atoms with E-state index < -0.39 is 0 Å². The molecule has 0 spiro atoms. The third-order valence-electron chi connectivity index (χ3n) is 3.75. The Morgan fingerprint density at radius 1 is 0.920 bits per heavy atom. The van der Waals surface area contributed by atoms with E-state index in [0.717, 1.165) is 22.5 Å². The van der Waals surface area contributed by atoms with Crippen molar-refractivity contribution < 1.29 is 4.79 Å². The molecule has 1 aromatic heterocycles. The first-order valence-corrected chi connectivity index (χ1v) is 8.07. The number of aromatic nitrogens is 2. The highest BCUT2D eigenvalue weighted by Crippen LogP contribution is 2.18. The van der Waals surface area contributed by atoms with Crippen molar-refractivity contribution in [1.29, 1.82) is 0 Å². The number of benzene rings is 2. The topological polar surface area (TPSA) is 66.9 Å². The number of hydrogen-bond acceptors (Lipinski definition) is 4. The average molecular weight is 332 g/mol. The van der Waals surface area contributed by atoms with Gasteiger partial charge in [-0.05, 0) is 50.1 Å². The number of aryl methyl sites for hydroxylation is 3. The molecule has 0 bridgehead atoms.